The van der Waals surface area contributed by atoms with E-state index in [1.54, 1.807) is 0 Å². The van der Waals surface area contributed by atoms with Crippen LogP contribution < -0.4 is 10.1 Å². The summed E-state index contributed by atoms with van der Waals surface area (Å²) in [5.41, 5.74) is 1.82. The topological polar surface area (TPSA) is 73.9 Å². The van der Waals surface area contributed by atoms with Crippen molar-refractivity contribution in [3.8, 4) is 5.75 Å². The van der Waals surface area contributed by atoms with E-state index < -0.39 is 18.1 Å². The van der Waals surface area contributed by atoms with Gasteiger partial charge in [-0.1, -0.05) is 49.6 Å². The fraction of sp³-hybridized carbons (Fsp3) is 0.417. The predicted molar refractivity (Wildman–Crippen MR) is 110 cm³/mol. The molecule has 0 bridgehead atoms. The number of amides is 1. The minimum absolute atomic E-state index is 0.0277. The molecule has 1 fully saturated rings. The maximum atomic E-state index is 14.1. The Bertz CT molecular complexity index is 927. The molecule has 0 aromatic heterocycles. The zero-order valence-corrected chi connectivity index (χ0v) is 17.3. The molecule has 1 unspecified atom stereocenters. The molecule has 2 aliphatic rings. The molecule has 7 heteroatoms. The summed E-state index contributed by atoms with van der Waals surface area (Å²) >= 11 is 0. The van der Waals surface area contributed by atoms with Crippen LogP contribution >= 0.6 is 0 Å². The molecule has 1 amide bonds. The summed E-state index contributed by atoms with van der Waals surface area (Å²) in [6, 6.07) is 12.1. The van der Waals surface area contributed by atoms with Gasteiger partial charge in [-0.05, 0) is 25.0 Å². The molecule has 2 aromatic rings. The predicted octanol–water partition coefficient (Wildman–Crippen LogP) is 4.17. The Morgan fingerprint density at radius 3 is 2.65 bits per heavy atom. The molecule has 2 aromatic carbocycles. The number of halogens is 1. The van der Waals surface area contributed by atoms with Crippen molar-refractivity contribution >= 4 is 11.9 Å². The van der Waals surface area contributed by atoms with Crippen molar-refractivity contribution in [1.82, 2.24) is 5.32 Å². The van der Waals surface area contributed by atoms with Gasteiger partial charge in [0.2, 0.25) is 12.2 Å². The molecule has 6 nitrogen and oxygen atoms in total. The SMILES string of the molecule is O=C(CNC(=O)C1CCCCC1)OCc1cc(F)cc2c1OC(c1ccccc1)OC2. The number of fused-ring (bicyclic) bond motifs is 1. The zero-order chi connectivity index (χ0) is 21.6. The van der Waals surface area contributed by atoms with Crippen LogP contribution in [0.4, 0.5) is 4.39 Å². The number of hydrogen-bond acceptors (Lipinski definition) is 5. The molecule has 1 N–H and O–H groups in total. The minimum atomic E-state index is -0.622. The normalized spacial score (nSPS) is 18.5. The highest BCUT2D eigenvalue weighted by molar-refractivity contribution is 5.83. The van der Waals surface area contributed by atoms with Crippen LogP contribution in [0, 0.1) is 11.7 Å². The lowest BCUT2D eigenvalue weighted by atomic mass is 9.89. The lowest BCUT2D eigenvalue weighted by molar-refractivity contribution is -0.146. The van der Waals surface area contributed by atoms with Crippen molar-refractivity contribution in [1.29, 1.82) is 0 Å². The summed E-state index contributed by atoms with van der Waals surface area (Å²) in [4.78, 5) is 24.3. The van der Waals surface area contributed by atoms with E-state index in [9.17, 15) is 14.0 Å². The largest absolute Gasteiger partial charge is 0.460 e. The molecule has 1 aliphatic heterocycles. The third kappa shape index (κ3) is 5.41. The van der Waals surface area contributed by atoms with Gasteiger partial charge < -0.3 is 19.5 Å². The smallest absolute Gasteiger partial charge is 0.325 e. The quantitative estimate of drug-likeness (QED) is 0.701. The lowest BCUT2D eigenvalue weighted by Gasteiger charge is -2.28. The van der Waals surface area contributed by atoms with Crippen molar-refractivity contribution in [2.24, 2.45) is 5.92 Å². The molecular formula is C24H26FNO5. The highest BCUT2D eigenvalue weighted by Crippen LogP contribution is 2.36. The molecule has 1 saturated carbocycles. The number of benzene rings is 2. The van der Waals surface area contributed by atoms with Crippen molar-refractivity contribution in [3.05, 3.63) is 65.0 Å². The van der Waals surface area contributed by atoms with Gasteiger partial charge in [0, 0.05) is 22.6 Å². The van der Waals surface area contributed by atoms with Crippen molar-refractivity contribution < 1.29 is 28.2 Å². The fourth-order valence-corrected chi connectivity index (χ4v) is 4.04. The molecule has 31 heavy (non-hydrogen) atoms. The van der Waals surface area contributed by atoms with Gasteiger partial charge in [0.1, 0.15) is 24.7 Å². The number of ether oxygens (including phenoxy) is 3. The Hall–Kier alpha value is -2.93. The van der Waals surface area contributed by atoms with Crippen LogP contribution in [0.5, 0.6) is 5.75 Å². The van der Waals surface area contributed by atoms with E-state index in [1.165, 1.54) is 12.1 Å². The first-order valence-electron chi connectivity index (χ1n) is 10.7. The molecule has 0 saturated heterocycles. The van der Waals surface area contributed by atoms with E-state index in [0.29, 0.717) is 16.9 Å². The van der Waals surface area contributed by atoms with Gasteiger partial charge in [0.05, 0.1) is 6.61 Å². The second kappa shape index (κ2) is 9.92. The van der Waals surface area contributed by atoms with E-state index in [2.05, 4.69) is 5.32 Å². The second-order valence-electron chi connectivity index (χ2n) is 7.94. The summed E-state index contributed by atoms with van der Waals surface area (Å²) < 4.78 is 31.0. The molecule has 1 aliphatic carbocycles. The van der Waals surface area contributed by atoms with Crippen molar-refractivity contribution in [3.63, 3.8) is 0 Å². The van der Waals surface area contributed by atoms with Crippen LogP contribution in [0.1, 0.15) is 55.1 Å². The van der Waals surface area contributed by atoms with Crippen LogP contribution in [-0.4, -0.2) is 18.4 Å². The van der Waals surface area contributed by atoms with Gasteiger partial charge in [-0.15, -0.1) is 0 Å². The van der Waals surface area contributed by atoms with E-state index in [0.717, 1.165) is 37.7 Å². The summed E-state index contributed by atoms with van der Waals surface area (Å²) in [6.07, 6.45) is 4.34. The van der Waals surface area contributed by atoms with Gasteiger partial charge >= 0.3 is 5.97 Å². The average molecular weight is 427 g/mol. The molecular weight excluding hydrogens is 401 g/mol. The average Bonchev–Trinajstić information content (AvgIpc) is 2.81. The Balaban J connectivity index is 1.36. The molecule has 1 atom stereocenters. The first-order chi connectivity index (χ1) is 15.1. The Morgan fingerprint density at radius 2 is 1.87 bits per heavy atom. The van der Waals surface area contributed by atoms with Crippen molar-refractivity contribution in [2.45, 2.75) is 51.6 Å². The summed E-state index contributed by atoms with van der Waals surface area (Å²) in [5, 5.41) is 2.65. The van der Waals surface area contributed by atoms with Gasteiger partial charge in [-0.25, -0.2) is 4.39 Å². The fourth-order valence-electron chi connectivity index (χ4n) is 4.04. The van der Waals surface area contributed by atoms with Crippen LogP contribution in [0.25, 0.3) is 0 Å². The number of carbonyl (C=O) groups is 2. The Morgan fingerprint density at radius 1 is 1.10 bits per heavy atom. The molecule has 0 radical (unpaired) electrons. The lowest BCUT2D eigenvalue weighted by Crippen LogP contribution is -2.36. The Labute approximate surface area is 180 Å². The molecule has 1 heterocycles. The molecule has 4 rings (SSSR count). The molecule has 0 spiro atoms. The number of esters is 1. The summed E-state index contributed by atoms with van der Waals surface area (Å²) in [7, 11) is 0. The number of carbonyl (C=O) groups excluding carboxylic acids is 2. The Kier molecular flexibility index (Phi) is 6.82. The number of rotatable bonds is 6. The highest BCUT2D eigenvalue weighted by atomic mass is 19.1. The van der Waals surface area contributed by atoms with Gasteiger partial charge in [0.25, 0.3) is 0 Å². The van der Waals surface area contributed by atoms with E-state index in [1.807, 2.05) is 30.3 Å². The number of nitrogens with one attached hydrogen (secondary N) is 1. The van der Waals surface area contributed by atoms with Crippen LogP contribution in [-0.2, 0) is 32.3 Å². The van der Waals surface area contributed by atoms with Crippen LogP contribution in [0.2, 0.25) is 0 Å². The van der Waals surface area contributed by atoms with E-state index in [-0.39, 0.29) is 31.6 Å². The summed E-state index contributed by atoms with van der Waals surface area (Å²) in [6.45, 7) is -0.172. The first kappa shape index (κ1) is 21.3. The maximum absolute atomic E-state index is 14.1. The minimum Gasteiger partial charge on any atom is -0.460 e. The van der Waals surface area contributed by atoms with Crippen molar-refractivity contribution in [2.75, 3.05) is 6.54 Å². The molecule has 164 valence electrons. The van der Waals surface area contributed by atoms with E-state index >= 15 is 0 Å². The zero-order valence-electron chi connectivity index (χ0n) is 17.3. The van der Waals surface area contributed by atoms with Crippen LogP contribution in [0.15, 0.2) is 42.5 Å². The number of hydrogen-bond donors (Lipinski definition) is 1. The maximum Gasteiger partial charge on any atom is 0.325 e. The van der Waals surface area contributed by atoms with E-state index in [4.69, 9.17) is 14.2 Å². The van der Waals surface area contributed by atoms with Gasteiger partial charge in [-0.3, -0.25) is 9.59 Å². The second-order valence-corrected chi connectivity index (χ2v) is 7.94. The third-order valence-corrected chi connectivity index (χ3v) is 5.67. The first-order valence-corrected chi connectivity index (χ1v) is 10.7. The van der Waals surface area contributed by atoms with Gasteiger partial charge in [0.15, 0.2) is 0 Å². The third-order valence-electron chi connectivity index (χ3n) is 5.67. The highest BCUT2D eigenvalue weighted by Gasteiger charge is 2.26. The van der Waals surface area contributed by atoms with Crippen LogP contribution in [0.3, 0.4) is 0 Å². The monoisotopic (exact) mass is 427 g/mol. The standard InChI is InChI=1S/C24H26FNO5/c25-20-11-18(14-29-21(27)13-26-23(28)16-7-3-1-4-8-16)22-19(12-20)15-30-24(31-22)17-9-5-2-6-10-17/h2,5-6,9-12,16,24H,1,3-4,7-8,13-15H2,(H,26,28). The summed E-state index contributed by atoms with van der Waals surface area (Å²) in [5.74, 6) is -0.707. The van der Waals surface area contributed by atoms with Gasteiger partial charge in [-0.2, -0.15) is 0 Å².